The third-order valence-electron chi connectivity index (χ3n) is 4.12. The zero-order chi connectivity index (χ0) is 17.1. The highest BCUT2D eigenvalue weighted by molar-refractivity contribution is 14.2. The van der Waals surface area contributed by atoms with E-state index in [0.717, 1.165) is 40.7 Å². The normalized spacial score (nSPS) is 11.7. The Morgan fingerprint density at radius 2 is 1.96 bits per heavy atom. The molecule has 0 aliphatic rings. The van der Waals surface area contributed by atoms with Crippen molar-refractivity contribution in [2.24, 2.45) is 0 Å². The Morgan fingerprint density at radius 3 is 2.58 bits per heavy atom. The minimum absolute atomic E-state index is 0.261. The fourth-order valence-electron chi connectivity index (χ4n) is 3.17. The third-order valence-corrected chi connectivity index (χ3v) is 5.09. The molecule has 0 saturated carbocycles. The van der Waals surface area contributed by atoms with Crippen molar-refractivity contribution in [1.82, 2.24) is 4.57 Å². The number of halogens is 1. The first-order valence-corrected chi connectivity index (χ1v) is 11.9. The van der Waals surface area contributed by atoms with Crippen LogP contribution in [-0.2, 0) is 6.54 Å². The summed E-state index contributed by atoms with van der Waals surface area (Å²) in [4.78, 5) is 11.8. The minimum atomic E-state index is 0.261. The molecule has 0 fully saturated rings. The number of hydrogen-bond donors (Lipinski definition) is 0. The molecular weight excluding hydrogens is 432 g/mol. The van der Waals surface area contributed by atoms with Crippen LogP contribution in [0, 0.1) is 0 Å². The summed E-state index contributed by atoms with van der Waals surface area (Å²) in [5, 5.41) is 0.969. The van der Waals surface area contributed by atoms with Gasteiger partial charge in [-0.05, 0) is 51.7 Å². The summed E-state index contributed by atoms with van der Waals surface area (Å²) in [5.74, 6) is 1.07. The molecule has 3 rings (SSSR count). The van der Waals surface area contributed by atoms with Crippen molar-refractivity contribution < 1.29 is 9.32 Å². The van der Waals surface area contributed by atoms with E-state index in [9.17, 15) is 4.79 Å². The second-order valence-electron chi connectivity index (χ2n) is 6.00. The summed E-state index contributed by atoms with van der Waals surface area (Å²) in [6.07, 6.45) is 0.981. The highest BCUT2D eigenvalue weighted by Crippen LogP contribution is 2.35. The molecule has 3 aromatic rings. The molecule has 3 nitrogen and oxygen atoms in total. The second-order valence-corrected chi connectivity index (χ2v) is 7.68. The summed E-state index contributed by atoms with van der Waals surface area (Å²) in [6.45, 7) is 5.38. The Labute approximate surface area is 156 Å². The molecule has 0 aliphatic carbocycles. The fourth-order valence-corrected chi connectivity index (χ4v) is 4.15. The topological polar surface area (TPSA) is 31.2 Å². The number of rotatable bonds is 6. The van der Waals surface area contributed by atoms with Gasteiger partial charge in [0.2, 0.25) is 0 Å². The van der Waals surface area contributed by atoms with Gasteiger partial charge in [-0.3, -0.25) is 4.79 Å². The van der Waals surface area contributed by atoms with Crippen LogP contribution in [0.3, 0.4) is 0 Å². The van der Waals surface area contributed by atoms with E-state index in [2.05, 4.69) is 58.7 Å². The van der Waals surface area contributed by atoms with Gasteiger partial charge in [-0.25, -0.2) is 0 Å². The fraction of sp³-hybridized carbons (Fsp3) is 0.211. The van der Waals surface area contributed by atoms with Gasteiger partial charge in [-0.1, -0.05) is 44.2 Å². The molecule has 124 valence electrons. The molecular formula is C19H19INO2P. The van der Waals surface area contributed by atoms with Crippen LogP contribution in [0.25, 0.3) is 10.9 Å². The van der Waals surface area contributed by atoms with Crippen molar-refractivity contribution in [2.75, 3.05) is 0 Å². The van der Waals surface area contributed by atoms with Crippen molar-refractivity contribution in [3.8, 4) is 5.75 Å². The summed E-state index contributed by atoms with van der Waals surface area (Å²) < 4.78 is 7.89. The molecule has 2 aromatic carbocycles. The average Bonchev–Trinajstić information content (AvgIpc) is 2.89. The summed E-state index contributed by atoms with van der Waals surface area (Å²) in [6, 6.07) is 16.4. The van der Waals surface area contributed by atoms with Gasteiger partial charge in [-0.2, -0.15) is 0 Å². The molecule has 0 amide bonds. The highest BCUT2D eigenvalue weighted by atomic mass is 127. The van der Waals surface area contributed by atoms with Crippen LogP contribution in [0.15, 0.2) is 48.5 Å². The van der Waals surface area contributed by atoms with Crippen LogP contribution in [0.5, 0.6) is 5.75 Å². The van der Waals surface area contributed by atoms with Crippen molar-refractivity contribution in [3.63, 3.8) is 0 Å². The van der Waals surface area contributed by atoms with E-state index in [0.29, 0.717) is 6.45 Å². The Kier molecular flexibility index (Phi) is 5.57. The monoisotopic (exact) mass is 451 g/mol. The van der Waals surface area contributed by atoms with Gasteiger partial charge in [0.15, 0.2) is 6.29 Å². The van der Waals surface area contributed by atoms with E-state index < -0.39 is 0 Å². The largest absolute Gasteiger partial charge is 0.467 e. The highest BCUT2D eigenvalue weighted by Gasteiger charge is 2.19. The van der Waals surface area contributed by atoms with Crippen molar-refractivity contribution in [3.05, 3.63) is 65.4 Å². The smallest absolute Gasteiger partial charge is 0.152 e. The summed E-state index contributed by atoms with van der Waals surface area (Å²) in [5.41, 5.74) is 4.16. The van der Waals surface area contributed by atoms with E-state index in [1.807, 2.05) is 30.3 Å². The lowest BCUT2D eigenvalue weighted by atomic mass is 10.0. The molecule has 1 unspecified atom stereocenters. The van der Waals surface area contributed by atoms with Crippen LogP contribution in [0.2, 0.25) is 0 Å². The van der Waals surface area contributed by atoms with Gasteiger partial charge < -0.3 is 9.09 Å². The maximum Gasteiger partial charge on any atom is 0.152 e. The molecule has 0 saturated heterocycles. The quantitative estimate of drug-likeness (QED) is 0.264. The van der Waals surface area contributed by atoms with E-state index in [4.69, 9.17) is 4.52 Å². The summed E-state index contributed by atoms with van der Waals surface area (Å²) in [7, 11) is 0. The van der Waals surface area contributed by atoms with E-state index in [1.165, 1.54) is 5.56 Å². The van der Waals surface area contributed by atoms with E-state index in [-0.39, 0.29) is 5.92 Å². The summed E-state index contributed by atoms with van der Waals surface area (Å²) >= 11 is 2.20. The maximum atomic E-state index is 11.8. The molecule has 24 heavy (non-hydrogen) atoms. The lowest BCUT2D eigenvalue weighted by Crippen LogP contribution is -2.07. The average molecular weight is 451 g/mol. The van der Waals surface area contributed by atoms with Gasteiger partial charge in [0, 0.05) is 28.7 Å². The van der Waals surface area contributed by atoms with E-state index in [1.54, 1.807) is 0 Å². The molecule has 0 radical (unpaired) electrons. The number of aromatic nitrogens is 1. The second kappa shape index (κ2) is 7.66. The number of benzene rings is 2. The molecule has 0 aliphatic heterocycles. The Bertz CT molecular complexity index is 859. The molecule has 0 spiro atoms. The number of fused-ring (bicyclic) bond motifs is 1. The first-order valence-electron chi connectivity index (χ1n) is 7.83. The van der Waals surface area contributed by atoms with Crippen LogP contribution in [-0.4, -0.2) is 10.9 Å². The molecule has 0 N–H and O–H groups in total. The molecule has 1 aromatic heterocycles. The zero-order valence-electron chi connectivity index (χ0n) is 13.6. The number of carbonyl (C=O) groups is 1. The Hall–Kier alpha value is -1.39. The standard InChI is InChI=1S/C19H19INO2P/c1-13(2)19-17(12-22)16-10-15(23-24-20)8-9-18(16)21(19)11-14-6-4-3-5-7-14/h3-10,12-13,24H,11H2,1-2H3. The van der Waals surface area contributed by atoms with Crippen LogP contribution in [0.4, 0.5) is 0 Å². The Morgan fingerprint density at radius 1 is 1.21 bits per heavy atom. The number of aldehydes is 1. The minimum Gasteiger partial charge on any atom is -0.467 e. The first kappa shape index (κ1) is 17.4. The zero-order valence-corrected chi connectivity index (χ0v) is 16.8. The molecule has 5 heteroatoms. The molecule has 0 bridgehead atoms. The predicted octanol–water partition coefficient (Wildman–Crippen LogP) is 5.95. The predicted molar refractivity (Wildman–Crippen MR) is 110 cm³/mol. The van der Waals surface area contributed by atoms with Crippen LogP contribution >= 0.6 is 28.5 Å². The van der Waals surface area contributed by atoms with Gasteiger partial charge in [0.1, 0.15) is 12.2 Å². The third kappa shape index (κ3) is 3.35. The van der Waals surface area contributed by atoms with E-state index >= 15 is 0 Å². The van der Waals surface area contributed by atoms with Crippen molar-refractivity contribution in [1.29, 1.82) is 0 Å². The molecule has 1 heterocycles. The number of hydrogen-bond acceptors (Lipinski definition) is 2. The van der Waals surface area contributed by atoms with Gasteiger partial charge in [0.25, 0.3) is 0 Å². The maximum absolute atomic E-state index is 11.8. The lowest BCUT2D eigenvalue weighted by molar-refractivity contribution is 0.112. The van der Waals surface area contributed by atoms with Gasteiger partial charge in [0.05, 0.1) is 0 Å². The van der Waals surface area contributed by atoms with Crippen molar-refractivity contribution in [2.45, 2.75) is 26.3 Å². The van der Waals surface area contributed by atoms with Crippen LogP contribution in [0.1, 0.15) is 41.4 Å². The Balaban J connectivity index is 2.22. The number of carbonyl (C=O) groups excluding carboxylic acids is 1. The van der Waals surface area contributed by atoms with Gasteiger partial charge in [-0.15, -0.1) is 0 Å². The lowest BCUT2D eigenvalue weighted by Gasteiger charge is -2.14. The van der Waals surface area contributed by atoms with Crippen molar-refractivity contribution >= 4 is 45.7 Å². The number of nitrogens with zero attached hydrogens (tertiary/aromatic N) is 1. The molecule has 1 atom stereocenters. The van der Waals surface area contributed by atoms with Crippen LogP contribution < -0.4 is 4.52 Å². The van der Waals surface area contributed by atoms with Gasteiger partial charge >= 0.3 is 0 Å². The SMILES string of the molecule is CC(C)c1c(C=O)c2cc(OPI)ccc2n1Cc1ccccc1. The first-order chi connectivity index (χ1) is 11.7.